The number of fused-ring (bicyclic) bond motifs is 1. The highest BCUT2D eigenvalue weighted by Crippen LogP contribution is 2.36. The maximum atomic E-state index is 12.5. The predicted molar refractivity (Wildman–Crippen MR) is 84.7 cm³/mol. The van der Waals surface area contributed by atoms with E-state index in [2.05, 4.69) is 0 Å². The third kappa shape index (κ3) is 3.59. The number of carbonyl (C=O) groups is 2. The lowest BCUT2D eigenvalue weighted by atomic mass is 10.1. The van der Waals surface area contributed by atoms with Gasteiger partial charge in [-0.25, -0.2) is 4.79 Å². The van der Waals surface area contributed by atoms with Gasteiger partial charge in [0.2, 0.25) is 0 Å². The molecule has 5 nitrogen and oxygen atoms in total. The normalized spacial score (nSPS) is 17.5. The quantitative estimate of drug-likeness (QED) is 0.780. The molecule has 0 radical (unpaired) electrons. The lowest BCUT2D eigenvalue weighted by Crippen LogP contribution is -2.45. The minimum Gasteiger partial charge on any atom is -0.486 e. The summed E-state index contributed by atoms with van der Waals surface area (Å²) in [6, 6.07) is 5.14. The van der Waals surface area contributed by atoms with Crippen molar-refractivity contribution < 1.29 is 19.1 Å². The van der Waals surface area contributed by atoms with E-state index in [1.54, 1.807) is 23.1 Å². The summed E-state index contributed by atoms with van der Waals surface area (Å²) in [6.07, 6.45) is 0.284. The highest BCUT2D eigenvalue weighted by Gasteiger charge is 2.32. The van der Waals surface area contributed by atoms with E-state index in [0.29, 0.717) is 23.5 Å². The monoisotopic (exact) mass is 305 g/mol. The summed E-state index contributed by atoms with van der Waals surface area (Å²) in [5, 5.41) is 0. The molecule has 1 aliphatic rings. The number of hydrogen-bond acceptors (Lipinski definition) is 4. The van der Waals surface area contributed by atoms with Gasteiger partial charge in [-0.15, -0.1) is 0 Å². The van der Waals surface area contributed by atoms with Crippen LogP contribution in [-0.2, 0) is 4.74 Å². The van der Waals surface area contributed by atoms with Gasteiger partial charge in [0.05, 0.1) is 12.2 Å². The molecule has 0 aliphatic carbocycles. The fourth-order valence-electron chi connectivity index (χ4n) is 2.27. The van der Waals surface area contributed by atoms with Crippen LogP contribution in [0.1, 0.15) is 51.4 Å². The second-order valence-electron chi connectivity index (χ2n) is 6.48. The van der Waals surface area contributed by atoms with Crippen molar-refractivity contribution in [2.24, 2.45) is 0 Å². The number of Topliss-reactive ketones (excluding diaryl/α,β-unsaturated/α-hetero) is 1. The number of hydrogen-bond donors (Lipinski definition) is 0. The average Bonchev–Trinajstić information content (AvgIpc) is 2.43. The summed E-state index contributed by atoms with van der Waals surface area (Å²) < 4.78 is 11.3. The molecule has 0 N–H and O–H groups in total. The number of anilines is 1. The molecule has 22 heavy (non-hydrogen) atoms. The third-order valence-corrected chi connectivity index (χ3v) is 3.41. The zero-order valence-corrected chi connectivity index (χ0v) is 13.8. The largest absolute Gasteiger partial charge is 0.486 e. The van der Waals surface area contributed by atoms with E-state index in [0.717, 1.165) is 6.42 Å². The van der Waals surface area contributed by atoms with Crippen molar-refractivity contribution in [1.29, 1.82) is 0 Å². The smallest absolute Gasteiger partial charge is 0.415 e. The fourth-order valence-corrected chi connectivity index (χ4v) is 2.27. The molecule has 1 aliphatic heterocycles. The Morgan fingerprint density at radius 3 is 2.59 bits per heavy atom. The Morgan fingerprint density at radius 2 is 2.05 bits per heavy atom. The summed E-state index contributed by atoms with van der Waals surface area (Å²) >= 11 is 0. The van der Waals surface area contributed by atoms with Gasteiger partial charge < -0.3 is 9.47 Å². The van der Waals surface area contributed by atoms with Crippen molar-refractivity contribution in [2.45, 2.75) is 52.7 Å². The Morgan fingerprint density at radius 1 is 1.36 bits per heavy atom. The van der Waals surface area contributed by atoms with Crippen LogP contribution in [0.25, 0.3) is 0 Å². The molecule has 0 bridgehead atoms. The molecule has 0 saturated heterocycles. The maximum Gasteiger partial charge on any atom is 0.415 e. The lowest BCUT2D eigenvalue weighted by Gasteiger charge is -2.35. The first-order valence-corrected chi connectivity index (χ1v) is 7.53. The van der Waals surface area contributed by atoms with Crippen molar-refractivity contribution in [3.05, 3.63) is 23.8 Å². The fraction of sp³-hybridized carbons (Fsp3) is 0.529. The maximum absolute atomic E-state index is 12.5. The summed E-state index contributed by atoms with van der Waals surface area (Å²) in [4.78, 5) is 25.6. The summed E-state index contributed by atoms with van der Waals surface area (Å²) in [7, 11) is 0. The number of ether oxygens (including phenoxy) is 2. The van der Waals surface area contributed by atoms with Gasteiger partial charge in [0.15, 0.2) is 5.78 Å². The molecule has 1 aromatic carbocycles. The highest BCUT2D eigenvalue weighted by molar-refractivity contribution is 5.98. The molecule has 2 rings (SSSR count). The standard InChI is InChI=1S/C17H23NO4/c1-6-13-10-18(16(20)22-17(3,4)5)14-9-12(11(2)19)7-8-15(14)21-13/h7-9,13H,6,10H2,1-5H3. The first kappa shape index (κ1) is 16.3. The lowest BCUT2D eigenvalue weighted by molar-refractivity contribution is 0.0546. The molecule has 1 atom stereocenters. The van der Waals surface area contributed by atoms with Crippen molar-refractivity contribution in [2.75, 3.05) is 11.4 Å². The molecular weight excluding hydrogens is 282 g/mol. The van der Waals surface area contributed by atoms with Crippen LogP contribution in [-0.4, -0.2) is 30.1 Å². The van der Waals surface area contributed by atoms with E-state index < -0.39 is 11.7 Å². The van der Waals surface area contributed by atoms with Crippen molar-refractivity contribution >= 4 is 17.6 Å². The van der Waals surface area contributed by atoms with Gasteiger partial charge in [0.25, 0.3) is 0 Å². The summed E-state index contributed by atoms with van der Waals surface area (Å²) in [6.45, 7) is 9.41. The average molecular weight is 305 g/mol. The molecule has 1 unspecified atom stereocenters. The number of nitrogens with zero attached hydrogens (tertiary/aromatic N) is 1. The van der Waals surface area contributed by atoms with Gasteiger partial charge in [-0.1, -0.05) is 6.92 Å². The number of ketones is 1. The van der Waals surface area contributed by atoms with Crippen LogP contribution >= 0.6 is 0 Å². The first-order chi connectivity index (χ1) is 10.2. The Bertz CT molecular complexity index is 589. The minimum atomic E-state index is -0.574. The first-order valence-electron chi connectivity index (χ1n) is 7.53. The SMILES string of the molecule is CCC1CN(C(=O)OC(C)(C)C)c2cc(C(C)=O)ccc2O1. The summed E-state index contributed by atoms with van der Waals surface area (Å²) in [5.74, 6) is 0.554. The molecular formula is C17H23NO4. The second kappa shape index (κ2) is 5.99. The van der Waals surface area contributed by atoms with Gasteiger partial charge >= 0.3 is 6.09 Å². The van der Waals surface area contributed by atoms with Crippen LogP contribution in [0.15, 0.2) is 18.2 Å². The van der Waals surface area contributed by atoms with Crippen LogP contribution in [0, 0.1) is 0 Å². The molecule has 1 amide bonds. The Labute approximate surface area is 131 Å². The molecule has 0 fully saturated rings. The Kier molecular flexibility index (Phi) is 4.44. The Balaban J connectivity index is 2.39. The topological polar surface area (TPSA) is 55.8 Å². The molecule has 5 heteroatoms. The predicted octanol–water partition coefficient (Wildman–Crippen LogP) is 3.80. The molecule has 0 saturated carbocycles. The van der Waals surface area contributed by atoms with Crippen molar-refractivity contribution in [3.63, 3.8) is 0 Å². The van der Waals surface area contributed by atoms with Crippen molar-refractivity contribution in [3.8, 4) is 5.75 Å². The van der Waals surface area contributed by atoms with Gasteiger partial charge in [0.1, 0.15) is 17.5 Å². The highest BCUT2D eigenvalue weighted by atomic mass is 16.6. The molecule has 1 heterocycles. The molecule has 120 valence electrons. The number of amides is 1. The molecule has 0 spiro atoms. The molecule has 1 aromatic rings. The Hall–Kier alpha value is -2.04. The van der Waals surface area contributed by atoms with E-state index in [4.69, 9.17) is 9.47 Å². The van der Waals surface area contributed by atoms with Gasteiger partial charge in [0, 0.05) is 5.56 Å². The van der Waals surface area contributed by atoms with E-state index in [1.807, 2.05) is 27.7 Å². The zero-order chi connectivity index (χ0) is 16.5. The molecule has 0 aromatic heterocycles. The van der Waals surface area contributed by atoms with Crippen molar-refractivity contribution in [1.82, 2.24) is 0 Å². The van der Waals surface area contributed by atoms with Crippen LogP contribution < -0.4 is 9.64 Å². The van der Waals surface area contributed by atoms with E-state index >= 15 is 0 Å². The van der Waals surface area contributed by atoms with Crippen LogP contribution in [0.2, 0.25) is 0 Å². The van der Waals surface area contributed by atoms with Gasteiger partial charge in [-0.2, -0.15) is 0 Å². The van der Waals surface area contributed by atoms with E-state index in [1.165, 1.54) is 6.92 Å². The van der Waals surface area contributed by atoms with Gasteiger partial charge in [-0.3, -0.25) is 9.69 Å². The summed E-state index contributed by atoms with van der Waals surface area (Å²) in [5.41, 5.74) is 0.563. The second-order valence-corrected chi connectivity index (χ2v) is 6.48. The number of carbonyl (C=O) groups excluding carboxylic acids is 2. The minimum absolute atomic E-state index is 0.0513. The van der Waals surface area contributed by atoms with Crippen LogP contribution in [0.3, 0.4) is 0 Å². The zero-order valence-electron chi connectivity index (χ0n) is 13.8. The van der Waals surface area contributed by atoms with E-state index in [9.17, 15) is 9.59 Å². The number of benzene rings is 1. The van der Waals surface area contributed by atoms with E-state index in [-0.39, 0.29) is 11.9 Å². The van der Waals surface area contributed by atoms with Crippen LogP contribution in [0.5, 0.6) is 5.75 Å². The van der Waals surface area contributed by atoms with Crippen LogP contribution in [0.4, 0.5) is 10.5 Å². The third-order valence-electron chi connectivity index (χ3n) is 3.41. The van der Waals surface area contributed by atoms with Gasteiger partial charge in [-0.05, 0) is 52.3 Å². The number of rotatable bonds is 2.